The van der Waals surface area contributed by atoms with E-state index < -0.39 is 6.04 Å². The van der Waals surface area contributed by atoms with Gasteiger partial charge in [-0.05, 0) is 32.9 Å². The fraction of sp³-hybridized carbons (Fsp3) is 0.357. The van der Waals surface area contributed by atoms with Crippen molar-refractivity contribution in [1.29, 1.82) is 0 Å². The van der Waals surface area contributed by atoms with Crippen LogP contribution in [-0.4, -0.2) is 28.9 Å². The highest BCUT2D eigenvalue weighted by atomic mass is 32.1. The summed E-state index contributed by atoms with van der Waals surface area (Å²) in [6.45, 7) is 5.36. The van der Waals surface area contributed by atoms with E-state index in [1.54, 1.807) is 19.2 Å². The molecule has 2 aromatic heterocycles. The molecule has 4 N–H and O–H groups in total. The summed E-state index contributed by atoms with van der Waals surface area (Å²) in [5, 5.41) is 5.40. The Morgan fingerprint density at radius 2 is 2.00 bits per heavy atom. The number of aromatic nitrogens is 1. The topological polar surface area (TPSA) is 97.1 Å². The third kappa shape index (κ3) is 3.30. The van der Waals surface area contributed by atoms with E-state index in [1.165, 1.54) is 11.3 Å². The maximum Gasteiger partial charge on any atom is 0.264 e. The zero-order valence-electron chi connectivity index (χ0n) is 12.1. The van der Waals surface area contributed by atoms with Gasteiger partial charge in [-0.15, -0.1) is 11.3 Å². The van der Waals surface area contributed by atoms with Gasteiger partial charge in [-0.3, -0.25) is 14.6 Å². The number of pyridine rings is 1. The molecule has 2 heterocycles. The van der Waals surface area contributed by atoms with E-state index in [1.807, 2.05) is 19.9 Å². The normalized spacial score (nSPS) is 12.4. The number of nitrogen functional groups attached to an aromatic ring is 1. The molecule has 112 valence electrons. The van der Waals surface area contributed by atoms with Gasteiger partial charge >= 0.3 is 0 Å². The number of hydrogen-bond acceptors (Lipinski definition) is 5. The van der Waals surface area contributed by atoms with Gasteiger partial charge in [-0.25, -0.2) is 0 Å². The van der Waals surface area contributed by atoms with Crippen LogP contribution in [0.15, 0.2) is 18.3 Å². The maximum absolute atomic E-state index is 12.2. The Morgan fingerprint density at radius 1 is 1.29 bits per heavy atom. The molecule has 0 aromatic carbocycles. The summed E-state index contributed by atoms with van der Waals surface area (Å²) in [7, 11) is 0. The summed E-state index contributed by atoms with van der Waals surface area (Å²) in [6.07, 6.45) is 1.63. The Bertz CT molecular complexity index is 681. The second kappa shape index (κ2) is 6.09. The molecule has 0 fully saturated rings. The molecule has 7 heteroatoms. The predicted molar refractivity (Wildman–Crippen MR) is 84.2 cm³/mol. The van der Waals surface area contributed by atoms with Gasteiger partial charge in [0, 0.05) is 12.2 Å². The van der Waals surface area contributed by atoms with Crippen LogP contribution in [-0.2, 0) is 4.79 Å². The van der Waals surface area contributed by atoms with Crippen LogP contribution in [0.5, 0.6) is 0 Å². The molecule has 2 rings (SSSR count). The second-order valence-electron chi connectivity index (χ2n) is 5.05. The van der Waals surface area contributed by atoms with Crippen molar-refractivity contribution in [3.8, 4) is 0 Å². The van der Waals surface area contributed by atoms with Gasteiger partial charge in [-0.2, -0.15) is 0 Å². The van der Waals surface area contributed by atoms with Crippen LogP contribution in [0.2, 0.25) is 0 Å². The third-order valence-corrected chi connectivity index (χ3v) is 4.02. The molecule has 0 aliphatic rings. The Labute approximate surface area is 126 Å². The van der Waals surface area contributed by atoms with Crippen LogP contribution in [0.1, 0.15) is 30.4 Å². The number of amides is 2. The monoisotopic (exact) mass is 306 g/mol. The van der Waals surface area contributed by atoms with Crippen LogP contribution in [0.25, 0.3) is 10.2 Å². The predicted octanol–water partition coefficient (Wildman–Crippen LogP) is 1.52. The quantitative estimate of drug-likeness (QED) is 0.798. The molecule has 0 radical (unpaired) electrons. The van der Waals surface area contributed by atoms with Crippen LogP contribution in [0.4, 0.5) is 5.69 Å². The molecule has 0 saturated heterocycles. The second-order valence-corrected chi connectivity index (χ2v) is 6.11. The van der Waals surface area contributed by atoms with E-state index in [2.05, 4.69) is 15.6 Å². The smallest absolute Gasteiger partial charge is 0.264 e. The van der Waals surface area contributed by atoms with E-state index in [9.17, 15) is 9.59 Å². The minimum atomic E-state index is -0.627. The fourth-order valence-electron chi connectivity index (χ4n) is 1.85. The Balaban J connectivity index is 2.15. The van der Waals surface area contributed by atoms with Gasteiger partial charge in [0.25, 0.3) is 5.91 Å². The molecule has 6 nitrogen and oxygen atoms in total. The van der Waals surface area contributed by atoms with Gasteiger partial charge in [0.05, 0.1) is 10.4 Å². The summed E-state index contributed by atoms with van der Waals surface area (Å²) in [4.78, 5) is 28.6. The summed E-state index contributed by atoms with van der Waals surface area (Å²) in [6, 6.07) is 3.04. The van der Waals surface area contributed by atoms with Crippen LogP contribution in [0, 0.1) is 0 Å². The van der Waals surface area contributed by atoms with Gasteiger partial charge in [0.15, 0.2) is 0 Å². The number of thiophene rings is 1. The molecule has 0 aliphatic carbocycles. The first-order chi connectivity index (χ1) is 9.90. The van der Waals surface area contributed by atoms with E-state index in [0.717, 1.165) is 4.70 Å². The van der Waals surface area contributed by atoms with Gasteiger partial charge in [0.2, 0.25) is 5.91 Å². The van der Waals surface area contributed by atoms with Gasteiger partial charge in [-0.1, -0.05) is 0 Å². The van der Waals surface area contributed by atoms with Crippen molar-refractivity contribution >= 4 is 39.1 Å². The zero-order chi connectivity index (χ0) is 15.6. The number of hydrogen-bond donors (Lipinski definition) is 3. The van der Waals surface area contributed by atoms with E-state index in [-0.39, 0.29) is 17.9 Å². The standard InChI is InChI=1S/C14H18N4O2S/c1-7(2)17-13(19)8(3)18-14(20)12-10(15)11-9(21-12)5-4-6-16-11/h4-8H,15H2,1-3H3,(H,17,19)(H,18,20). The highest BCUT2D eigenvalue weighted by Gasteiger charge is 2.21. The number of anilines is 1. The Kier molecular flexibility index (Phi) is 4.42. The van der Waals surface area contributed by atoms with E-state index >= 15 is 0 Å². The molecule has 1 unspecified atom stereocenters. The molecule has 0 spiro atoms. The summed E-state index contributed by atoms with van der Waals surface area (Å²) in [5.74, 6) is -0.585. The molecule has 0 saturated carbocycles. The summed E-state index contributed by atoms with van der Waals surface area (Å²) in [5.41, 5.74) is 6.93. The van der Waals surface area contributed by atoms with E-state index in [0.29, 0.717) is 16.1 Å². The highest BCUT2D eigenvalue weighted by Crippen LogP contribution is 2.31. The lowest BCUT2D eigenvalue weighted by molar-refractivity contribution is -0.123. The van der Waals surface area contributed by atoms with E-state index in [4.69, 9.17) is 5.73 Å². The van der Waals surface area contributed by atoms with Crippen LogP contribution < -0.4 is 16.4 Å². The first-order valence-corrected chi connectivity index (χ1v) is 7.46. The first kappa shape index (κ1) is 15.2. The molecule has 1 atom stereocenters. The lowest BCUT2D eigenvalue weighted by atomic mass is 10.2. The molecular weight excluding hydrogens is 288 g/mol. The zero-order valence-corrected chi connectivity index (χ0v) is 13.0. The molecular formula is C14H18N4O2S. The average Bonchev–Trinajstić information content (AvgIpc) is 2.76. The average molecular weight is 306 g/mol. The Hall–Kier alpha value is -2.15. The number of nitrogens with two attached hydrogens (primary N) is 1. The highest BCUT2D eigenvalue weighted by molar-refractivity contribution is 7.21. The molecule has 2 aromatic rings. The molecule has 2 amide bonds. The maximum atomic E-state index is 12.2. The van der Waals surface area contributed by atoms with Crippen molar-refractivity contribution in [3.05, 3.63) is 23.2 Å². The number of nitrogens with one attached hydrogen (secondary N) is 2. The number of carbonyl (C=O) groups excluding carboxylic acids is 2. The SMILES string of the molecule is CC(C)NC(=O)C(C)NC(=O)c1sc2cccnc2c1N. The minimum absolute atomic E-state index is 0.0236. The summed E-state index contributed by atoms with van der Waals surface area (Å²) >= 11 is 1.27. The van der Waals surface area contributed by atoms with Crippen molar-refractivity contribution in [2.24, 2.45) is 0 Å². The summed E-state index contributed by atoms with van der Waals surface area (Å²) < 4.78 is 0.847. The van der Waals surface area contributed by atoms with Crippen molar-refractivity contribution in [2.45, 2.75) is 32.9 Å². The van der Waals surface area contributed by atoms with Crippen LogP contribution in [0.3, 0.4) is 0 Å². The van der Waals surface area contributed by atoms with Crippen molar-refractivity contribution < 1.29 is 9.59 Å². The Morgan fingerprint density at radius 3 is 2.62 bits per heavy atom. The van der Waals surface area contributed by atoms with Crippen molar-refractivity contribution in [3.63, 3.8) is 0 Å². The third-order valence-electron chi connectivity index (χ3n) is 2.86. The lowest BCUT2D eigenvalue weighted by Crippen LogP contribution is -2.46. The van der Waals surface area contributed by atoms with Crippen LogP contribution >= 0.6 is 11.3 Å². The van der Waals surface area contributed by atoms with Crippen molar-refractivity contribution in [2.75, 3.05) is 5.73 Å². The first-order valence-electron chi connectivity index (χ1n) is 6.64. The van der Waals surface area contributed by atoms with Gasteiger partial charge < -0.3 is 16.4 Å². The van der Waals surface area contributed by atoms with Gasteiger partial charge in [0.1, 0.15) is 16.4 Å². The number of carbonyl (C=O) groups is 2. The molecule has 21 heavy (non-hydrogen) atoms. The molecule has 0 aliphatic heterocycles. The lowest BCUT2D eigenvalue weighted by Gasteiger charge is -2.15. The number of nitrogens with zero attached hydrogens (tertiary/aromatic N) is 1. The largest absolute Gasteiger partial charge is 0.396 e. The number of fused-ring (bicyclic) bond motifs is 1. The molecule has 0 bridgehead atoms. The minimum Gasteiger partial charge on any atom is -0.396 e. The fourth-order valence-corrected chi connectivity index (χ4v) is 2.84. The van der Waals surface area contributed by atoms with Crippen molar-refractivity contribution in [1.82, 2.24) is 15.6 Å². The number of rotatable bonds is 4.